The van der Waals surface area contributed by atoms with Crippen LogP contribution in [0.25, 0.3) is 22.5 Å². The van der Waals surface area contributed by atoms with E-state index in [0.29, 0.717) is 27.5 Å². The van der Waals surface area contributed by atoms with Gasteiger partial charge in [0.05, 0.1) is 23.4 Å². The molecule has 4 aromatic rings. The van der Waals surface area contributed by atoms with E-state index < -0.39 is 18.0 Å². The predicted octanol–water partition coefficient (Wildman–Crippen LogP) is 4.79. The number of hydrogen-bond acceptors (Lipinski definition) is 6. The number of halogens is 1. The van der Waals surface area contributed by atoms with Crippen molar-refractivity contribution in [2.45, 2.75) is 39.5 Å². The molecule has 3 aromatic heterocycles. The summed E-state index contributed by atoms with van der Waals surface area (Å²) in [6.45, 7) is 5.68. The van der Waals surface area contributed by atoms with Crippen LogP contribution in [0.3, 0.4) is 0 Å². The molecule has 3 heterocycles. The summed E-state index contributed by atoms with van der Waals surface area (Å²) in [5.74, 6) is -0.579. The summed E-state index contributed by atoms with van der Waals surface area (Å²) in [7, 11) is 0. The van der Waals surface area contributed by atoms with E-state index in [4.69, 9.17) is 20.8 Å². The Bertz CT molecular complexity index is 1300. The first-order valence-corrected chi connectivity index (χ1v) is 10.9. The number of nitrogens with one attached hydrogen (secondary N) is 1. The van der Waals surface area contributed by atoms with Gasteiger partial charge in [0.25, 0.3) is 5.91 Å². The fourth-order valence-electron chi connectivity index (χ4n) is 3.36. The molecule has 1 N–H and O–H groups in total. The zero-order valence-electron chi connectivity index (χ0n) is 18.4. The van der Waals surface area contributed by atoms with Gasteiger partial charge in [-0.15, -0.1) is 0 Å². The predicted molar refractivity (Wildman–Crippen MR) is 124 cm³/mol. The van der Waals surface area contributed by atoms with Crippen LogP contribution in [0.2, 0.25) is 5.02 Å². The van der Waals surface area contributed by atoms with Gasteiger partial charge in [0.1, 0.15) is 5.69 Å². The molecule has 0 fully saturated rings. The van der Waals surface area contributed by atoms with Crippen molar-refractivity contribution < 1.29 is 18.7 Å². The number of amides is 1. The van der Waals surface area contributed by atoms with Crippen molar-refractivity contribution in [2.75, 3.05) is 0 Å². The lowest BCUT2D eigenvalue weighted by Gasteiger charge is -2.15. The van der Waals surface area contributed by atoms with Crippen molar-refractivity contribution in [3.8, 4) is 11.5 Å². The summed E-state index contributed by atoms with van der Waals surface area (Å²) >= 11 is 6.13. The molecule has 33 heavy (non-hydrogen) atoms. The Morgan fingerprint density at radius 3 is 2.67 bits per heavy atom. The standard InChI is InChI=1S/C24H23ClN4O4/c1-14(2)29-22-18(13-27-29)17(11-20(28-22)21-9-6-10-32-21)24(31)33-15(3)23(30)26-12-16-7-4-5-8-19(16)25/h4-11,13-15H,12H2,1-3H3,(H,26,30). The van der Waals surface area contributed by atoms with E-state index in [-0.39, 0.29) is 18.2 Å². The summed E-state index contributed by atoms with van der Waals surface area (Å²) in [5.41, 5.74) is 2.02. The van der Waals surface area contributed by atoms with Gasteiger partial charge in [0.15, 0.2) is 17.5 Å². The molecule has 0 radical (unpaired) electrons. The molecule has 9 heteroatoms. The first-order chi connectivity index (χ1) is 15.8. The van der Waals surface area contributed by atoms with Crippen LogP contribution in [0, 0.1) is 0 Å². The Morgan fingerprint density at radius 1 is 1.18 bits per heavy atom. The zero-order chi connectivity index (χ0) is 23.5. The third-order valence-corrected chi connectivity index (χ3v) is 5.48. The van der Waals surface area contributed by atoms with E-state index in [1.54, 1.807) is 35.1 Å². The monoisotopic (exact) mass is 466 g/mol. The molecule has 0 aliphatic rings. The minimum absolute atomic E-state index is 0.0280. The maximum absolute atomic E-state index is 13.1. The second-order valence-electron chi connectivity index (χ2n) is 7.81. The maximum Gasteiger partial charge on any atom is 0.339 e. The van der Waals surface area contributed by atoms with E-state index in [9.17, 15) is 9.59 Å². The van der Waals surface area contributed by atoms with Crippen molar-refractivity contribution in [1.29, 1.82) is 0 Å². The third-order valence-electron chi connectivity index (χ3n) is 5.11. The van der Waals surface area contributed by atoms with Crippen LogP contribution in [0.1, 0.15) is 42.7 Å². The topological polar surface area (TPSA) is 99.2 Å². The molecule has 0 spiro atoms. The lowest BCUT2D eigenvalue weighted by atomic mass is 10.1. The molecule has 1 aromatic carbocycles. The molecule has 0 saturated heterocycles. The smallest absolute Gasteiger partial charge is 0.339 e. The summed E-state index contributed by atoms with van der Waals surface area (Å²) in [6, 6.07) is 12.3. The second kappa shape index (κ2) is 9.46. The molecule has 0 aliphatic heterocycles. The second-order valence-corrected chi connectivity index (χ2v) is 8.22. The summed E-state index contributed by atoms with van der Waals surface area (Å²) < 4.78 is 12.7. The van der Waals surface area contributed by atoms with Gasteiger partial charge in [0.2, 0.25) is 0 Å². The van der Waals surface area contributed by atoms with Gasteiger partial charge in [0, 0.05) is 17.6 Å². The van der Waals surface area contributed by atoms with Gasteiger partial charge >= 0.3 is 5.97 Å². The van der Waals surface area contributed by atoms with Crippen molar-refractivity contribution >= 4 is 34.5 Å². The van der Waals surface area contributed by atoms with Crippen molar-refractivity contribution in [3.63, 3.8) is 0 Å². The SMILES string of the molecule is CC(OC(=O)c1cc(-c2ccco2)nc2c1cnn2C(C)C)C(=O)NCc1ccccc1Cl. The lowest BCUT2D eigenvalue weighted by Crippen LogP contribution is -2.35. The number of rotatable bonds is 7. The van der Waals surface area contributed by atoms with Gasteiger partial charge in [-0.1, -0.05) is 29.8 Å². The Balaban J connectivity index is 1.57. The van der Waals surface area contributed by atoms with Gasteiger partial charge in [-0.05, 0) is 50.6 Å². The molecular weight excluding hydrogens is 444 g/mol. The maximum atomic E-state index is 13.1. The normalized spacial score (nSPS) is 12.2. The number of nitrogens with zero attached hydrogens (tertiary/aromatic N) is 3. The van der Waals surface area contributed by atoms with E-state index >= 15 is 0 Å². The summed E-state index contributed by atoms with van der Waals surface area (Å²) in [6.07, 6.45) is 2.09. The molecule has 1 unspecified atom stereocenters. The van der Waals surface area contributed by atoms with E-state index in [2.05, 4.69) is 15.4 Å². The van der Waals surface area contributed by atoms with Crippen LogP contribution in [0.4, 0.5) is 0 Å². The fourth-order valence-corrected chi connectivity index (χ4v) is 3.56. The quantitative estimate of drug-likeness (QED) is 0.393. The van der Waals surface area contributed by atoms with Gasteiger partial charge in [-0.3, -0.25) is 4.79 Å². The molecule has 0 bridgehead atoms. The number of ether oxygens (including phenoxy) is 1. The minimum Gasteiger partial charge on any atom is -0.463 e. The molecular formula is C24H23ClN4O4. The van der Waals surface area contributed by atoms with Crippen LogP contribution in [0.15, 0.2) is 59.3 Å². The third kappa shape index (κ3) is 4.75. The van der Waals surface area contributed by atoms with Crippen LogP contribution in [-0.4, -0.2) is 32.7 Å². The van der Waals surface area contributed by atoms with E-state index in [1.165, 1.54) is 13.2 Å². The van der Waals surface area contributed by atoms with Crippen LogP contribution >= 0.6 is 11.6 Å². The summed E-state index contributed by atoms with van der Waals surface area (Å²) in [4.78, 5) is 30.2. The van der Waals surface area contributed by atoms with Crippen molar-refractivity contribution in [3.05, 3.63) is 71.1 Å². The number of pyridine rings is 1. The first kappa shape index (κ1) is 22.5. The molecule has 1 atom stereocenters. The van der Waals surface area contributed by atoms with Crippen molar-refractivity contribution in [1.82, 2.24) is 20.1 Å². The highest BCUT2D eigenvalue weighted by Gasteiger charge is 2.24. The average Bonchev–Trinajstić information content (AvgIpc) is 3.47. The number of hydrogen-bond donors (Lipinski definition) is 1. The molecule has 4 rings (SSSR count). The Hall–Kier alpha value is -3.65. The minimum atomic E-state index is -1.02. The Morgan fingerprint density at radius 2 is 1.97 bits per heavy atom. The Labute approximate surface area is 195 Å². The Kier molecular flexibility index (Phi) is 6.46. The average molecular weight is 467 g/mol. The number of carbonyl (C=O) groups is 2. The highest BCUT2D eigenvalue weighted by Crippen LogP contribution is 2.27. The molecule has 0 saturated carbocycles. The number of benzene rings is 1. The van der Waals surface area contributed by atoms with Crippen LogP contribution in [-0.2, 0) is 16.1 Å². The molecule has 0 aliphatic carbocycles. The lowest BCUT2D eigenvalue weighted by molar-refractivity contribution is -0.129. The first-order valence-electron chi connectivity index (χ1n) is 10.5. The number of fused-ring (bicyclic) bond motifs is 1. The van der Waals surface area contributed by atoms with Gasteiger partial charge in [-0.25, -0.2) is 14.5 Å². The van der Waals surface area contributed by atoms with Gasteiger partial charge < -0.3 is 14.5 Å². The van der Waals surface area contributed by atoms with Crippen LogP contribution < -0.4 is 5.32 Å². The summed E-state index contributed by atoms with van der Waals surface area (Å²) in [5, 5.41) is 8.20. The van der Waals surface area contributed by atoms with Crippen LogP contribution in [0.5, 0.6) is 0 Å². The highest BCUT2D eigenvalue weighted by molar-refractivity contribution is 6.31. The molecule has 1 amide bonds. The van der Waals surface area contributed by atoms with Crippen molar-refractivity contribution in [2.24, 2.45) is 0 Å². The largest absolute Gasteiger partial charge is 0.463 e. The van der Waals surface area contributed by atoms with E-state index in [1.807, 2.05) is 32.0 Å². The van der Waals surface area contributed by atoms with Gasteiger partial charge in [-0.2, -0.15) is 5.10 Å². The highest BCUT2D eigenvalue weighted by atomic mass is 35.5. The number of carbonyl (C=O) groups excluding carboxylic acids is 2. The molecule has 8 nitrogen and oxygen atoms in total. The number of furan rings is 1. The number of esters is 1. The fraction of sp³-hybridized carbons (Fsp3) is 0.250. The number of aromatic nitrogens is 3. The zero-order valence-corrected chi connectivity index (χ0v) is 19.2. The van der Waals surface area contributed by atoms with E-state index in [0.717, 1.165) is 5.56 Å². The molecule has 170 valence electrons.